The number of carboxylic acids is 1. The van der Waals surface area contributed by atoms with Gasteiger partial charge in [-0.2, -0.15) is 0 Å². The zero-order valence-electron chi connectivity index (χ0n) is 11.5. The van der Waals surface area contributed by atoms with Gasteiger partial charge in [0.2, 0.25) is 0 Å². The van der Waals surface area contributed by atoms with E-state index >= 15 is 0 Å². The highest BCUT2D eigenvalue weighted by molar-refractivity contribution is 5.90. The minimum Gasteiger partial charge on any atom is -0.545 e. The van der Waals surface area contributed by atoms with Gasteiger partial charge >= 0.3 is 0 Å². The van der Waals surface area contributed by atoms with E-state index < -0.39 is 32.8 Å². The predicted octanol–water partition coefficient (Wildman–Crippen LogP) is 1.99. The summed E-state index contributed by atoms with van der Waals surface area (Å²) in [6, 6.07) is 1.61. The number of hydrogen-bond acceptors (Lipinski definition) is 6. The quantitative estimate of drug-likeness (QED) is 0.410. The second-order valence-electron chi connectivity index (χ2n) is 4.60. The lowest BCUT2D eigenvalue weighted by Gasteiger charge is -2.11. The van der Waals surface area contributed by atoms with Crippen molar-refractivity contribution < 1.29 is 19.7 Å². The van der Waals surface area contributed by atoms with Crippen molar-refractivity contribution in [1.82, 2.24) is 0 Å². The van der Waals surface area contributed by atoms with Crippen LogP contribution in [0.15, 0.2) is 12.1 Å². The van der Waals surface area contributed by atoms with Crippen LogP contribution in [0, 0.1) is 20.2 Å². The van der Waals surface area contributed by atoms with Gasteiger partial charge < -0.3 is 9.90 Å². The van der Waals surface area contributed by atoms with Gasteiger partial charge in [0.15, 0.2) is 0 Å². The summed E-state index contributed by atoms with van der Waals surface area (Å²) in [7, 11) is 0. The molecule has 0 N–H and O–H groups in total. The van der Waals surface area contributed by atoms with E-state index in [0.717, 1.165) is 31.4 Å². The Morgan fingerprint density at radius 1 is 1.10 bits per heavy atom. The first kappa shape index (κ1) is 16.5. The summed E-state index contributed by atoms with van der Waals surface area (Å²) in [6.07, 6.45) is 3.46. The van der Waals surface area contributed by atoms with E-state index in [1.165, 1.54) is 0 Å². The van der Waals surface area contributed by atoms with Gasteiger partial charge in [-0.1, -0.05) is 26.2 Å². The monoisotopic (exact) mass is 295 g/mol. The Morgan fingerprint density at radius 3 is 2.24 bits per heavy atom. The molecule has 0 atom stereocenters. The number of rotatable bonds is 8. The van der Waals surface area contributed by atoms with Crippen molar-refractivity contribution in [1.29, 1.82) is 0 Å². The lowest BCUT2D eigenvalue weighted by Crippen LogP contribution is -2.24. The van der Waals surface area contributed by atoms with Crippen LogP contribution in [0.3, 0.4) is 0 Å². The number of nitro benzene ring substituents is 2. The van der Waals surface area contributed by atoms with E-state index in [1.54, 1.807) is 0 Å². The molecule has 8 nitrogen and oxygen atoms in total. The zero-order valence-corrected chi connectivity index (χ0v) is 11.5. The molecule has 114 valence electrons. The molecule has 0 fully saturated rings. The summed E-state index contributed by atoms with van der Waals surface area (Å²) in [5, 5.41) is 32.9. The summed E-state index contributed by atoms with van der Waals surface area (Å²) >= 11 is 0. The highest BCUT2D eigenvalue weighted by atomic mass is 16.6. The lowest BCUT2D eigenvalue weighted by molar-refractivity contribution is -0.394. The van der Waals surface area contributed by atoms with Gasteiger partial charge in [-0.15, -0.1) is 0 Å². The van der Waals surface area contributed by atoms with Crippen LogP contribution in [0.5, 0.6) is 0 Å². The van der Waals surface area contributed by atoms with E-state index in [0.29, 0.717) is 6.42 Å². The second kappa shape index (κ2) is 7.32. The standard InChI is InChI=1S/C13H16N2O6/c1-2-3-4-5-6-10-11(13(16)17)7-9(14(18)19)8-12(10)15(20)21/h7-8H,2-6H2,1H3,(H,16,17)/p-1. The van der Waals surface area contributed by atoms with Crippen LogP contribution in [0.4, 0.5) is 11.4 Å². The van der Waals surface area contributed by atoms with Crippen LogP contribution in [0.25, 0.3) is 0 Å². The van der Waals surface area contributed by atoms with Crippen molar-refractivity contribution in [2.24, 2.45) is 0 Å². The molecule has 0 aliphatic carbocycles. The molecule has 8 heteroatoms. The molecule has 0 aliphatic rings. The van der Waals surface area contributed by atoms with Crippen molar-refractivity contribution in [3.63, 3.8) is 0 Å². The molecule has 0 aliphatic heterocycles. The average Bonchev–Trinajstić information content (AvgIpc) is 2.42. The van der Waals surface area contributed by atoms with Crippen LogP contribution < -0.4 is 5.11 Å². The summed E-state index contributed by atoms with van der Waals surface area (Å²) in [5.74, 6) is -1.65. The highest BCUT2D eigenvalue weighted by Crippen LogP contribution is 2.30. The minimum atomic E-state index is -1.65. The molecule has 0 aromatic heterocycles. The average molecular weight is 295 g/mol. The molecule has 1 rings (SSSR count). The normalized spacial score (nSPS) is 10.3. The topological polar surface area (TPSA) is 126 Å². The first-order valence-corrected chi connectivity index (χ1v) is 6.55. The second-order valence-corrected chi connectivity index (χ2v) is 4.60. The van der Waals surface area contributed by atoms with Crippen LogP contribution >= 0.6 is 0 Å². The zero-order chi connectivity index (χ0) is 16.0. The molecule has 0 spiro atoms. The number of carbonyl (C=O) groups is 1. The minimum absolute atomic E-state index is 0.0123. The maximum absolute atomic E-state index is 11.1. The smallest absolute Gasteiger partial charge is 0.280 e. The van der Waals surface area contributed by atoms with E-state index in [1.807, 2.05) is 6.92 Å². The summed E-state index contributed by atoms with van der Waals surface area (Å²) in [4.78, 5) is 31.2. The molecule has 1 aromatic carbocycles. The summed E-state index contributed by atoms with van der Waals surface area (Å²) in [5.41, 5.74) is -1.66. The molecule has 0 heterocycles. The molecule has 1 aromatic rings. The van der Waals surface area contributed by atoms with Gasteiger partial charge in [-0.25, -0.2) is 0 Å². The van der Waals surface area contributed by atoms with Crippen LogP contribution in [-0.2, 0) is 6.42 Å². The third-order valence-electron chi connectivity index (χ3n) is 3.12. The fourth-order valence-corrected chi connectivity index (χ4v) is 2.08. The molecule has 0 amide bonds. The van der Waals surface area contributed by atoms with Crippen molar-refractivity contribution in [2.75, 3.05) is 0 Å². The van der Waals surface area contributed by atoms with Crippen LogP contribution in [0.1, 0.15) is 48.5 Å². The van der Waals surface area contributed by atoms with E-state index in [4.69, 9.17) is 0 Å². The SMILES string of the molecule is CCCCCCc1c(C(=O)[O-])cc([N+](=O)[O-])cc1[N+](=O)[O-]. The van der Waals surface area contributed by atoms with Gasteiger partial charge in [0.1, 0.15) is 0 Å². The number of unbranched alkanes of at least 4 members (excludes halogenated alkanes) is 3. The Bertz CT molecular complexity index is 535. The maximum Gasteiger partial charge on any atom is 0.280 e. The number of carbonyl (C=O) groups excluding carboxylic acids is 1. The predicted molar refractivity (Wildman–Crippen MR) is 71.9 cm³/mol. The van der Waals surface area contributed by atoms with Crippen molar-refractivity contribution in [2.45, 2.75) is 39.0 Å². The van der Waals surface area contributed by atoms with E-state index in [9.17, 15) is 30.1 Å². The molecule has 0 saturated heterocycles. The van der Waals surface area contributed by atoms with Crippen molar-refractivity contribution >= 4 is 17.3 Å². The van der Waals surface area contributed by atoms with Gasteiger partial charge in [0.25, 0.3) is 11.4 Å². The van der Waals surface area contributed by atoms with Gasteiger partial charge in [0, 0.05) is 17.2 Å². The van der Waals surface area contributed by atoms with Gasteiger partial charge in [-0.3, -0.25) is 20.2 Å². The van der Waals surface area contributed by atoms with Crippen LogP contribution in [-0.4, -0.2) is 15.8 Å². The molecular formula is C13H15N2O6-. The van der Waals surface area contributed by atoms with Crippen LogP contribution in [0.2, 0.25) is 0 Å². The molecule has 21 heavy (non-hydrogen) atoms. The third-order valence-corrected chi connectivity index (χ3v) is 3.12. The first-order chi connectivity index (χ1) is 9.88. The number of hydrogen-bond donors (Lipinski definition) is 0. The number of non-ortho nitro benzene ring substituents is 1. The fourth-order valence-electron chi connectivity index (χ4n) is 2.08. The largest absolute Gasteiger partial charge is 0.545 e. The van der Waals surface area contributed by atoms with E-state index in [2.05, 4.69) is 0 Å². The van der Waals surface area contributed by atoms with Crippen molar-refractivity contribution in [3.05, 3.63) is 43.5 Å². The number of benzene rings is 1. The fraction of sp³-hybridized carbons (Fsp3) is 0.462. The Morgan fingerprint density at radius 2 is 1.76 bits per heavy atom. The molecule has 0 radical (unpaired) electrons. The Balaban J connectivity index is 3.26. The van der Waals surface area contributed by atoms with Gasteiger partial charge in [-0.05, 0) is 12.8 Å². The van der Waals surface area contributed by atoms with Gasteiger partial charge in [0.05, 0.1) is 21.9 Å². The third kappa shape index (κ3) is 4.23. The lowest BCUT2D eigenvalue weighted by atomic mass is 9.98. The Kier molecular flexibility index (Phi) is 5.77. The summed E-state index contributed by atoms with van der Waals surface area (Å²) in [6.45, 7) is 2.00. The van der Waals surface area contributed by atoms with Crippen molar-refractivity contribution in [3.8, 4) is 0 Å². The number of nitro groups is 2. The Hall–Kier alpha value is -2.51. The maximum atomic E-state index is 11.1. The Labute approximate surface area is 120 Å². The number of carboxylic acid groups (broad SMARTS) is 1. The highest BCUT2D eigenvalue weighted by Gasteiger charge is 2.24. The molecule has 0 unspecified atom stereocenters. The number of aromatic carboxylic acids is 1. The molecular weight excluding hydrogens is 280 g/mol. The molecule has 0 bridgehead atoms. The van der Waals surface area contributed by atoms with E-state index in [-0.39, 0.29) is 12.0 Å². The summed E-state index contributed by atoms with van der Waals surface area (Å²) < 4.78 is 0. The molecule has 0 saturated carbocycles. The first-order valence-electron chi connectivity index (χ1n) is 6.55. The number of nitrogens with zero attached hydrogens (tertiary/aromatic N) is 2.